The van der Waals surface area contributed by atoms with Gasteiger partial charge in [-0.1, -0.05) is 7.43 Å². The summed E-state index contributed by atoms with van der Waals surface area (Å²) in [6, 6.07) is 0. The van der Waals surface area contributed by atoms with E-state index < -0.39 is 0 Å². The first kappa shape index (κ1) is 75.5. The topological polar surface area (TPSA) is 0 Å². The van der Waals surface area contributed by atoms with Crippen LogP contribution in [0.2, 0.25) is 0 Å². The second-order valence-electron chi connectivity index (χ2n) is 0. The molecule has 0 unspecified atom stereocenters. The van der Waals surface area contributed by atoms with E-state index in [2.05, 4.69) is 0 Å². The molecule has 0 aromatic heterocycles. The summed E-state index contributed by atoms with van der Waals surface area (Å²) >= 11 is 0. The zero-order chi connectivity index (χ0) is 0. The molecule has 5 heavy (non-hydrogen) atoms. The zero-order valence-corrected chi connectivity index (χ0v) is 2.96. The Labute approximate surface area is 70.0 Å². The maximum Gasteiger partial charge on any atom is 0.187 e. The van der Waals surface area contributed by atoms with Gasteiger partial charge in [0.2, 0.25) is 0 Å². The van der Waals surface area contributed by atoms with Gasteiger partial charge in [0, 0.05) is 26.2 Å². The molecule has 0 aliphatic heterocycles. The van der Waals surface area contributed by atoms with Crippen LogP contribution in [-0.4, -0.2) is 36.7 Å². The first-order valence-corrected chi connectivity index (χ1v) is 0. The average molecular weight is 183 g/mol. The molecular weight excluding hydrogens is 169 g/mol. The van der Waals surface area contributed by atoms with Crippen LogP contribution in [0.25, 0.3) is 0 Å². The van der Waals surface area contributed by atoms with E-state index in [0.29, 0.717) is 0 Å². The van der Waals surface area contributed by atoms with Crippen molar-refractivity contribution < 1.29 is 26.2 Å². The van der Waals surface area contributed by atoms with Crippen LogP contribution in [0.1, 0.15) is 7.43 Å². The maximum absolute atomic E-state index is 0. The van der Waals surface area contributed by atoms with Crippen LogP contribution >= 0.6 is 0 Å². The van der Waals surface area contributed by atoms with Crippen molar-refractivity contribution in [2.24, 2.45) is 0 Å². The van der Waals surface area contributed by atoms with E-state index in [0.717, 1.165) is 0 Å². The fourth-order valence-electron chi connectivity index (χ4n) is 0. The van der Waals surface area contributed by atoms with Gasteiger partial charge in [0.25, 0.3) is 0 Å². The molecule has 0 rings (SSSR count). The summed E-state index contributed by atoms with van der Waals surface area (Å²) in [6.45, 7) is 0. The van der Waals surface area contributed by atoms with Gasteiger partial charge >= 0.3 is 0 Å². The minimum atomic E-state index is 0. The van der Waals surface area contributed by atoms with E-state index in [1.807, 2.05) is 0 Å². The molecule has 0 bridgehead atoms. The van der Waals surface area contributed by atoms with Gasteiger partial charge < -0.3 is 0 Å². The van der Waals surface area contributed by atoms with E-state index in [9.17, 15) is 0 Å². The Morgan fingerprint density at radius 2 is 1.00 bits per heavy atom. The second kappa shape index (κ2) is 43.6. The summed E-state index contributed by atoms with van der Waals surface area (Å²) in [6.07, 6.45) is 0. The van der Waals surface area contributed by atoms with Gasteiger partial charge in [0.1, 0.15) is 0 Å². The smallest absolute Gasteiger partial charge is 0.0776 e. The van der Waals surface area contributed by atoms with Crippen molar-refractivity contribution in [2.75, 3.05) is 0 Å². The monoisotopic (exact) mass is 182 g/mol. The number of hydrogen-bond donors (Lipinski definition) is 0. The van der Waals surface area contributed by atoms with E-state index in [1.165, 1.54) is 0 Å². The largest absolute Gasteiger partial charge is 0.187 e. The Bertz CT molecular complexity index is 11.6. The molecule has 32 valence electrons. The summed E-state index contributed by atoms with van der Waals surface area (Å²) < 4.78 is 0. The van der Waals surface area contributed by atoms with Crippen LogP contribution < -0.4 is 0 Å². The third-order valence-electron chi connectivity index (χ3n) is 0. The Hall–Kier alpha value is 1.70. The minimum absolute atomic E-state index is 0. The predicted molar refractivity (Wildman–Crippen MR) is 37.9 cm³/mol. The van der Waals surface area contributed by atoms with Gasteiger partial charge in [0.05, 0.1) is 8.41 Å². The third kappa shape index (κ3) is 27.0. The van der Waals surface area contributed by atoms with Crippen molar-refractivity contribution >= 4 is 36.7 Å². The molecule has 4 heteroatoms. The molecule has 0 saturated carbocycles. The molecule has 0 aromatic rings. The van der Waals surface area contributed by atoms with Crippen LogP contribution in [0.4, 0.5) is 0 Å². The van der Waals surface area contributed by atoms with Gasteiger partial charge in [0.15, 0.2) is 17.4 Å². The first-order valence-electron chi connectivity index (χ1n) is 0. The molecule has 0 fully saturated rings. The van der Waals surface area contributed by atoms with Gasteiger partial charge in [-0.3, -0.25) is 0 Å². The van der Waals surface area contributed by atoms with Gasteiger partial charge in [-0.25, -0.2) is 0 Å². The molecule has 0 spiro atoms. The fourth-order valence-corrected chi connectivity index (χ4v) is 0. The van der Waals surface area contributed by atoms with Crippen LogP contribution in [0, 0.1) is 0 Å². The van der Waals surface area contributed by atoms with E-state index in [4.69, 9.17) is 0 Å². The third-order valence-corrected chi connectivity index (χ3v) is 0. The molecule has 0 heterocycles. The van der Waals surface area contributed by atoms with Gasteiger partial charge in [-0.05, 0) is 11.0 Å². The van der Waals surface area contributed by atoms with Gasteiger partial charge in [-0.2, -0.15) is 0 Å². The summed E-state index contributed by atoms with van der Waals surface area (Å²) in [7, 11) is 0. The normalized spacial score (nSPS) is 0. The van der Waals surface area contributed by atoms with Crippen molar-refractivity contribution in [1.29, 1.82) is 0 Å². The van der Waals surface area contributed by atoms with Crippen LogP contribution in [0.15, 0.2) is 0 Å². The van der Waals surface area contributed by atoms with Crippen molar-refractivity contribution in [1.82, 2.24) is 0 Å². The zero-order valence-electron chi connectivity index (χ0n) is 0.500. The summed E-state index contributed by atoms with van der Waals surface area (Å²) in [5.41, 5.74) is 0. The second-order valence-corrected chi connectivity index (χ2v) is 0. The number of rotatable bonds is 0. The molecule has 0 nitrogen and oxygen atoms in total. The summed E-state index contributed by atoms with van der Waals surface area (Å²) in [4.78, 5) is 0. The first-order chi connectivity index (χ1) is 0. The Balaban J connectivity index is 0. The van der Waals surface area contributed by atoms with Crippen LogP contribution in [0.3, 0.4) is 0 Å². The molecule has 0 amide bonds. The SMILES string of the molecule is B.C.[AlH3].[SiH4].[Zr]. The molecular formula is CH14AlBSiZr. The van der Waals surface area contributed by atoms with Crippen LogP contribution in [0.5, 0.6) is 0 Å². The fraction of sp³-hybridized carbons (Fsp3) is 1.00. The molecule has 0 radical (unpaired) electrons. The Morgan fingerprint density at radius 3 is 1.00 bits per heavy atom. The minimum Gasteiger partial charge on any atom is -0.0776 e. The number of hydrogen-bond acceptors (Lipinski definition) is 0. The van der Waals surface area contributed by atoms with E-state index in [1.54, 1.807) is 0 Å². The van der Waals surface area contributed by atoms with Crippen molar-refractivity contribution in [3.8, 4) is 0 Å². The summed E-state index contributed by atoms with van der Waals surface area (Å²) in [5.74, 6) is 0. The van der Waals surface area contributed by atoms with Crippen molar-refractivity contribution in [3.05, 3.63) is 0 Å². The van der Waals surface area contributed by atoms with Crippen molar-refractivity contribution in [3.63, 3.8) is 0 Å². The van der Waals surface area contributed by atoms with Crippen molar-refractivity contribution in [2.45, 2.75) is 7.43 Å². The van der Waals surface area contributed by atoms with E-state index in [-0.39, 0.29) is 70.4 Å². The van der Waals surface area contributed by atoms with Gasteiger partial charge in [-0.15, -0.1) is 0 Å². The average Bonchev–Trinajstić information content (AvgIpc) is 0. The molecule has 0 N–H and O–H groups in total. The molecule has 0 aliphatic rings. The van der Waals surface area contributed by atoms with Crippen LogP contribution in [-0.2, 0) is 26.2 Å². The Kier molecular flexibility index (Phi) is 658. The van der Waals surface area contributed by atoms with E-state index >= 15 is 0 Å². The molecule has 0 atom stereocenters. The predicted octanol–water partition coefficient (Wildman–Crippen LogP) is -3.19. The Morgan fingerprint density at radius 1 is 1.00 bits per heavy atom. The quantitative estimate of drug-likeness (QED) is 0.347. The molecule has 0 aliphatic carbocycles. The molecule has 0 saturated heterocycles. The summed E-state index contributed by atoms with van der Waals surface area (Å²) in [5, 5.41) is 0. The maximum atomic E-state index is 0. The molecule has 0 aromatic carbocycles. The standard InChI is InChI=1S/CH4.Al.BH3.H4Si.Zr.3H/h1H4;;1H3;1H4;;;;.